The molecule has 0 radical (unpaired) electrons. The van der Waals surface area contributed by atoms with Crippen molar-refractivity contribution in [2.24, 2.45) is 0 Å². The molecule has 0 spiro atoms. The molecule has 28 heavy (non-hydrogen) atoms. The number of carbonyl (C=O) groups is 2. The molecule has 2 aromatic rings. The zero-order valence-corrected chi connectivity index (χ0v) is 17.2. The SMILES string of the molecule is CCOc1ccc(N2C(=O)C(SC(C)C)=C(c3ccc(OC)cc3)C2=O)cc1. The van der Waals surface area contributed by atoms with Crippen LogP contribution in [0.5, 0.6) is 11.5 Å². The number of ether oxygens (including phenoxy) is 2. The lowest BCUT2D eigenvalue weighted by molar-refractivity contribution is -0.119. The predicted octanol–water partition coefficient (Wildman–Crippen LogP) is 4.52. The van der Waals surface area contributed by atoms with E-state index < -0.39 is 0 Å². The third-order valence-electron chi connectivity index (χ3n) is 4.18. The van der Waals surface area contributed by atoms with Crippen molar-refractivity contribution in [3.63, 3.8) is 0 Å². The number of thioether (sulfide) groups is 1. The molecule has 0 bridgehead atoms. The first-order valence-electron chi connectivity index (χ1n) is 9.13. The number of methoxy groups -OCH3 is 1. The van der Waals surface area contributed by atoms with E-state index in [4.69, 9.17) is 9.47 Å². The summed E-state index contributed by atoms with van der Waals surface area (Å²) in [6.07, 6.45) is 0. The highest BCUT2D eigenvalue weighted by atomic mass is 32.2. The van der Waals surface area contributed by atoms with Crippen LogP contribution in [0.3, 0.4) is 0 Å². The van der Waals surface area contributed by atoms with Gasteiger partial charge < -0.3 is 9.47 Å². The molecule has 0 aliphatic carbocycles. The third kappa shape index (κ3) is 3.92. The van der Waals surface area contributed by atoms with Gasteiger partial charge in [0.1, 0.15) is 11.5 Å². The van der Waals surface area contributed by atoms with E-state index in [1.54, 1.807) is 43.5 Å². The number of rotatable bonds is 7. The minimum Gasteiger partial charge on any atom is -0.497 e. The van der Waals surface area contributed by atoms with Crippen LogP contribution in [0.15, 0.2) is 53.4 Å². The van der Waals surface area contributed by atoms with Gasteiger partial charge in [0.15, 0.2) is 0 Å². The molecule has 3 rings (SSSR count). The van der Waals surface area contributed by atoms with Crippen molar-refractivity contribution in [2.75, 3.05) is 18.6 Å². The van der Waals surface area contributed by atoms with Crippen LogP contribution in [0.4, 0.5) is 5.69 Å². The number of amides is 2. The lowest BCUT2D eigenvalue weighted by Crippen LogP contribution is -2.31. The Kier molecular flexibility index (Phi) is 6.09. The summed E-state index contributed by atoms with van der Waals surface area (Å²) in [6.45, 7) is 6.46. The van der Waals surface area contributed by atoms with Crippen molar-refractivity contribution in [1.29, 1.82) is 0 Å². The number of hydrogen-bond acceptors (Lipinski definition) is 5. The van der Waals surface area contributed by atoms with Gasteiger partial charge >= 0.3 is 0 Å². The van der Waals surface area contributed by atoms with Crippen molar-refractivity contribution in [3.05, 3.63) is 59.0 Å². The lowest BCUT2D eigenvalue weighted by Gasteiger charge is -2.16. The van der Waals surface area contributed by atoms with E-state index >= 15 is 0 Å². The molecule has 146 valence electrons. The molecule has 1 heterocycles. The van der Waals surface area contributed by atoms with Crippen molar-refractivity contribution < 1.29 is 19.1 Å². The first-order valence-corrected chi connectivity index (χ1v) is 10.0. The molecule has 0 atom stereocenters. The molecule has 5 nitrogen and oxygen atoms in total. The Hall–Kier alpha value is -2.73. The molecular weight excluding hydrogens is 374 g/mol. The first kappa shape index (κ1) is 20.0. The van der Waals surface area contributed by atoms with Crippen LogP contribution >= 0.6 is 11.8 Å². The fourth-order valence-electron chi connectivity index (χ4n) is 2.96. The van der Waals surface area contributed by atoms with Crippen LogP contribution in [0.1, 0.15) is 26.3 Å². The summed E-state index contributed by atoms with van der Waals surface area (Å²) in [4.78, 5) is 28.1. The predicted molar refractivity (Wildman–Crippen MR) is 113 cm³/mol. The van der Waals surface area contributed by atoms with Crippen molar-refractivity contribution >= 4 is 34.8 Å². The molecule has 2 amide bonds. The zero-order chi connectivity index (χ0) is 20.3. The number of anilines is 1. The molecule has 0 aromatic heterocycles. The molecule has 2 aromatic carbocycles. The summed E-state index contributed by atoms with van der Waals surface area (Å²) in [6, 6.07) is 14.2. The normalized spacial score (nSPS) is 14.2. The zero-order valence-electron chi connectivity index (χ0n) is 16.4. The summed E-state index contributed by atoms with van der Waals surface area (Å²) < 4.78 is 10.6. The van der Waals surface area contributed by atoms with E-state index in [1.165, 1.54) is 16.7 Å². The Morgan fingerprint density at radius 2 is 1.54 bits per heavy atom. The van der Waals surface area contributed by atoms with Gasteiger partial charge in [-0.1, -0.05) is 26.0 Å². The van der Waals surface area contributed by atoms with E-state index in [1.807, 2.05) is 32.9 Å². The van der Waals surface area contributed by atoms with Gasteiger partial charge in [0.2, 0.25) is 0 Å². The maximum atomic E-state index is 13.2. The topological polar surface area (TPSA) is 55.8 Å². The molecule has 1 aliphatic heterocycles. The van der Waals surface area contributed by atoms with Gasteiger partial charge in [0.05, 0.1) is 29.9 Å². The molecule has 0 unspecified atom stereocenters. The summed E-state index contributed by atoms with van der Waals surface area (Å²) in [5.41, 5.74) is 1.67. The van der Waals surface area contributed by atoms with E-state index in [-0.39, 0.29) is 17.1 Å². The number of nitrogens with zero attached hydrogens (tertiary/aromatic N) is 1. The first-order chi connectivity index (χ1) is 13.5. The summed E-state index contributed by atoms with van der Waals surface area (Å²) in [5.74, 6) is 0.786. The molecule has 0 N–H and O–H groups in total. The van der Waals surface area contributed by atoms with Crippen LogP contribution in [-0.2, 0) is 9.59 Å². The fourth-order valence-corrected chi connectivity index (χ4v) is 3.95. The van der Waals surface area contributed by atoms with Gasteiger partial charge in [0.25, 0.3) is 11.8 Å². The maximum Gasteiger partial charge on any atom is 0.272 e. The average Bonchev–Trinajstić information content (AvgIpc) is 2.92. The summed E-state index contributed by atoms with van der Waals surface area (Å²) >= 11 is 1.41. The minimum atomic E-state index is -0.317. The Labute approximate surface area is 169 Å². The minimum absolute atomic E-state index is 0.167. The average molecular weight is 397 g/mol. The van der Waals surface area contributed by atoms with E-state index in [9.17, 15) is 9.59 Å². The van der Waals surface area contributed by atoms with E-state index in [0.29, 0.717) is 39.8 Å². The largest absolute Gasteiger partial charge is 0.497 e. The van der Waals surface area contributed by atoms with Crippen LogP contribution in [-0.4, -0.2) is 30.8 Å². The monoisotopic (exact) mass is 397 g/mol. The third-order valence-corrected chi connectivity index (χ3v) is 5.27. The highest BCUT2D eigenvalue weighted by Crippen LogP contribution is 2.40. The van der Waals surface area contributed by atoms with Crippen molar-refractivity contribution in [2.45, 2.75) is 26.0 Å². The lowest BCUT2D eigenvalue weighted by atomic mass is 10.1. The standard InChI is InChI=1S/C22H23NO4S/c1-5-27-18-12-8-16(9-13-18)23-21(24)19(20(22(23)25)28-14(2)3)15-6-10-17(26-4)11-7-15/h6-14H,5H2,1-4H3. The second kappa shape index (κ2) is 8.52. The molecule has 0 fully saturated rings. The number of hydrogen-bond donors (Lipinski definition) is 0. The van der Waals surface area contributed by atoms with Gasteiger partial charge in [-0.05, 0) is 48.9 Å². The van der Waals surface area contributed by atoms with E-state index in [0.717, 1.165) is 0 Å². The van der Waals surface area contributed by atoms with Crippen molar-refractivity contribution in [3.8, 4) is 11.5 Å². The van der Waals surface area contributed by atoms with E-state index in [2.05, 4.69) is 0 Å². The molecule has 6 heteroatoms. The highest BCUT2D eigenvalue weighted by molar-refractivity contribution is 8.04. The van der Waals surface area contributed by atoms with Gasteiger partial charge in [-0.15, -0.1) is 11.8 Å². The Bertz CT molecular complexity index is 901. The second-order valence-corrected chi connectivity index (χ2v) is 8.06. The fraction of sp³-hybridized carbons (Fsp3) is 0.273. The number of carbonyl (C=O) groups excluding carboxylic acids is 2. The van der Waals surface area contributed by atoms with Gasteiger partial charge in [0, 0.05) is 5.25 Å². The quantitative estimate of drug-likeness (QED) is 0.643. The Balaban J connectivity index is 2.01. The Morgan fingerprint density at radius 3 is 2.07 bits per heavy atom. The molecule has 1 aliphatic rings. The molecular formula is C22H23NO4S. The summed E-state index contributed by atoms with van der Waals surface area (Å²) in [5, 5.41) is 0.167. The van der Waals surface area contributed by atoms with Crippen LogP contribution in [0.25, 0.3) is 5.57 Å². The van der Waals surface area contributed by atoms with Gasteiger partial charge in [-0.3, -0.25) is 9.59 Å². The molecule has 0 saturated heterocycles. The van der Waals surface area contributed by atoms with Crippen LogP contribution < -0.4 is 14.4 Å². The van der Waals surface area contributed by atoms with Gasteiger partial charge in [-0.2, -0.15) is 0 Å². The van der Waals surface area contributed by atoms with Crippen LogP contribution in [0, 0.1) is 0 Å². The van der Waals surface area contributed by atoms with Crippen molar-refractivity contribution in [1.82, 2.24) is 0 Å². The second-order valence-electron chi connectivity index (χ2n) is 6.47. The number of imide groups is 1. The van der Waals surface area contributed by atoms with Crippen LogP contribution in [0.2, 0.25) is 0 Å². The molecule has 0 saturated carbocycles. The Morgan fingerprint density at radius 1 is 0.929 bits per heavy atom. The smallest absolute Gasteiger partial charge is 0.272 e. The maximum absolute atomic E-state index is 13.2. The number of benzene rings is 2. The summed E-state index contributed by atoms with van der Waals surface area (Å²) in [7, 11) is 1.59. The van der Waals surface area contributed by atoms with Gasteiger partial charge in [-0.25, -0.2) is 4.90 Å². The highest BCUT2D eigenvalue weighted by Gasteiger charge is 2.40.